The number of hydrogen-bond acceptors (Lipinski definition) is 4. The number of rotatable bonds is 6. The molecule has 1 aromatic carbocycles. The van der Waals surface area contributed by atoms with Crippen LogP contribution < -0.4 is 5.73 Å². The summed E-state index contributed by atoms with van der Waals surface area (Å²) in [6, 6.07) is 8.15. The summed E-state index contributed by atoms with van der Waals surface area (Å²) >= 11 is 1.72. The lowest BCUT2D eigenvalue weighted by atomic mass is 10.1. The fourth-order valence-electron chi connectivity index (χ4n) is 2.14. The Bertz CT molecular complexity index is 522. The molecule has 0 atom stereocenters. The molecule has 2 N–H and O–H groups in total. The zero-order valence-electron chi connectivity index (χ0n) is 11.6. The van der Waals surface area contributed by atoms with Crippen LogP contribution in [0.25, 0.3) is 0 Å². The third kappa shape index (κ3) is 4.65. The Morgan fingerprint density at radius 1 is 1.37 bits per heavy atom. The van der Waals surface area contributed by atoms with Gasteiger partial charge >= 0.3 is 0 Å². The van der Waals surface area contributed by atoms with Gasteiger partial charge in [0.05, 0.1) is 10.7 Å². The van der Waals surface area contributed by atoms with Gasteiger partial charge in [-0.05, 0) is 51.1 Å². The molecule has 1 heterocycles. The van der Waals surface area contributed by atoms with Crippen molar-refractivity contribution in [3.05, 3.63) is 45.9 Å². The molecule has 1 aromatic heterocycles. The van der Waals surface area contributed by atoms with Crippen LogP contribution in [-0.2, 0) is 13.0 Å². The van der Waals surface area contributed by atoms with Crippen LogP contribution in [0.1, 0.15) is 22.7 Å². The van der Waals surface area contributed by atoms with Gasteiger partial charge in [0.15, 0.2) is 0 Å². The first-order valence-electron chi connectivity index (χ1n) is 6.57. The van der Waals surface area contributed by atoms with E-state index in [0.29, 0.717) is 0 Å². The van der Waals surface area contributed by atoms with Crippen molar-refractivity contribution >= 4 is 17.0 Å². The Balaban J connectivity index is 1.73. The molecule has 0 amide bonds. The highest BCUT2D eigenvalue weighted by molar-refractivity contribution is 7.09. The summed E-state index contributed by atoms with van der Waals surface area (Å²) < 4.78 is 0. The lowest BCUT2D eigenvalue weighted by Crippen LogP contribution is -2.19. The van der Waals surface area contributed by atoms with Gasteiger partial charge in [0, 0.05) is 17.6 Å². The van der Waals surface area contributed by atoms with Gasteiger partial charge in [0.1, 0.15) is 0 Å². The lowest BCUT2D eigenvalue weighted by Gasteiger charge is -2.15. The minimum absolute atomic E-state index is 0.851. The van der Waals surface area contributed by atoms with Crippen LogP contribution in [0.4, 0.5) is 5.69 Å². The number of nitrogens with zero attached hydrogens (tertiary/aromatic N) is 2. The standard InChI is InChI=1S/C15H21N3S/c1-12-17-15(11-19-12)10-18(2)8-4-6-13-5-3-7-14(16)9-13/h3,5,7,9,11H,4,6,8,10,16H2,1-2H3. The highest BCUT2D eigenvalue weighted by Gasteiger charge is 2.03. The van der Waals surface area contributed by atoms with Gasteiger partial charge in [-0.1, -0.05) is 12.1 Å². The normalized spacial score (nSPS) is 11.1. The van der Waals surface area contributed by atoms with Crippen LogP contribution in [0.15, 0.2) is 29.6 Å². The molecule has 4 heteroatoms. The van der Waals surface area contributed by atoms with Crippen molar-refractivity contribution < 1.29 is 0 Å². The first kappa shape index (κ1) is 14.0. The van der Waals surface area contributed by atoms with E-state index in [9.17, 15) is 0 Å². The van der Waals surface area contributed by atoms with E-state index in [0.717, 1.165) is 36.6 Å². The molecular weight excluding hydrogens is 254 g/mol. The Kier molecular flexibility index (Phi) is 4.93. The molecule has 0 radical (unpaired) electrons. The number of nitrogen functional groups attached to an aromatic ring is 1. The molecule has 102 valence electrons. The highest BCUT2D eigenvalue weighted by atomic mass is 32.1. The van der Waals surface area contributed by atoms with E-state index in [1.807, 2.05) is 19.1 Å². The van der Waals surface area contributed by atoms with Crippen LogP contribution in [0.5, 0.6) is 0 Å². The second-order valence-electron chi connectivity index (χ2n) is 4.94. The molecule has 0 saturated carbocycles. The van der Waals surface area contributed by atoms with Gasteiger partial charge in [-0.2, -0.15) is 0 Å². The molecule has 0 aliphatic carbocycles. The summed E-state index contributed by atoms with van der Waals surface area (Å²) in [7, 11) is 2.15. The minimum atomic E-state index is 0.851. The number of nitrogens with two attached hydrogens (primary N) is 1. The van der Waals surface area contributed by atoms with Gasteiger partial charge in [-0.25, -0.2) is 4.98 Å². The summed E-state index contributed by atoms with van der Waals surface area (Å²) in [6.45, 7) is 4.06. The smallest absolute Gasteiger partial charge is 0.0897 e. The van der Waals surface area contributed by atoms with E-state index in [-0.39, 0.29) is 0 Å². The molecule has 3 nitrogen and oxygen atoms in total. The van der Waals surface area contributed by atoms with Gasteiger partial charge in [0.25, 0.3) is 0 Å². The van der Waals surface area contributed by atoms with Crippen LogP contribution in [0.3, 0.4) is 0 Å². The summed E-state index contributed by atoms with van der Waals surface area (Å²) in [5.74, 6) is 0. The first-order valence-corrected chi connectivity index (χ1v) is 7.45. The summed E-state index contributed by atoms with van der Waals surface area (Å²) in [6.07, 6.45) is 2.22. The average molecular weight is 275 g/mol. The van der Waals surface area contributed by atoms with Crippen LogP contribution in [0, 0.1) is 6.92 Å². The topological polar surface area (TPSA) is 42.2 Å². The summed E-state index contributed by atoms with van der Waals surface area (Å²) in [5.41, 5.74) is 9.12. The summed E-state index contributed by atoms with van der Waals surface area (Å²) in [5, 5.41) is 3.28. The van der Waals surface area contributed by atoms with E-state index >= 15 is 0 Å². The maximum Gasteiger partial charge on any atom is 0.0897 e. The van der Waals surface area contributed by atoms with Crippen LogP contribution >= 0.6 is 11.3 Å². The zero-order chi connectivity index (χ0) is 13.7. The van der Waals surface area contributed by atoms with Gasteiger partial charge in [0.2, 0.25) is 0 Å². The lowest BCUT2D eigenvalue weighted by molar-refractivity contribution is 0.319. The monoisotopic (exact) mass is 275 g/mol. The van der Waals surface area contributed by atoms with Crippen molar-refractivity contribution in [3.63, 3.8) is 0 Å². The maximum atomic E-state index is 5.78. The second-order valence-corrected chi connectivity index (χ2v) is 6.01. The maximum absolute atomic E-state index is 5.78. The molecule has 2 rings (SSSR count). The van der Waals surface area contributed by atoms with Crippen molar-refractivity contribution in [1.82, 2.24) is 9.88 Å². The average Bonchev–Trinajstić information content (AvgIpc) is 2.75. The van der Waals surface area contributed by atoms with Crippen molar-refractivity contribution in [2.45, 2.75) is 26.3 Å². The van der Waals surface area contributed by atoms with Gasteiger partial charge < -0.3 is 10.6 Å². The van der Waals surface area contributed by atoms with Gasteiger partial charge in [-0.3, -0.25) is 0 Å². The Hall–Kier alpha value is -1.39. The number of anilines is 1. The van der Waals surface area contributed by atoms with Gasteiger partial charge in [-0.15, -0.1) is 11.3 Å². The third-order valence-corrected chi connectivity index (χ3v) is 3.88. The van der Waals surface area contributed by atoms with E-state index in [2.05, 4.69) is 34.4 Å². The molecule has 0 unspecified atom stereocenters. The van der Waals surface area contributed by atoms with Crippen molar-refractivity contribution in [3.8, 4) is 0 Å². The van der Waals surface area contributed by atoms with E-state index in [1.54, 1.807) is 11.3 Å². The van der Waals surface area contributed by atoms with Crippen LogP contribution in [0.2, 0.25) is 0 Å². The first-order chi connectivity index (χ1) is 9.13. The molecule has 0 aliphatic heterocycles. The molecule has 0 bridgehead atoms. The number of thiazole rings is 1. The molecule has 0 fully saturated rings. The fraction of sp³-hybridized carbons (Fsp3) is 0.400. The number of aryl methyl sites for hydroxylation is 2. The van der Waals surface area contributed by atoms with E-state index in [1.165, 1.54) is 11.3 Å². The Morgan fingerprint density at radius 3 is 2.89 bits per heavy atom. The highest BCUT2D eigenvalue weighted by Crippen LogP contribution is 2.11. The number of hydrogen-bond donors (Lipinski definition) is 1. The molecule has 0 spiro atoms. The zero-order valence-corrected chi connectivity index (χ0v) is 12.4. The Morgan fingerprint density at radius 2 is 2.21 bits per heavy atom. The van der Waals surface area contributed by atoms with Crippen LogP contribution in [-0.4, -0.2) is 23.5 Å². The van der Waals surface area contributed by atoms with E-state index < -0.39 is 0 Å². The Labute approximate surface area is 119 Å². The molecule has 2 aromatic rings. The van der Waals surface area contributed by atoms with Crippen molar-refractivity contribution in [2.75, 3.05) is 19.3 Å². The largest absolute Gasteiger partial charge is 0.399 e. The van der Waals surface area contributed by atoms with E-state index in [4.69, 9.17) is 5.73 Å². The molecule has 19 heavy (non-hydrogen) atoms. The second kappa shape index (κ2) is 6.68. The minimum Gasteiger partial charge on any atom is -0.399 e. The predicted molar refractivity (Wildman–Crippen MR) is 82.4 cm³/mol. The summed E-state index contributed by atoms with van der Waals surface area (Å²) in [4.78, 5) is 6.81. The third-order valence-electron chi connectivity index (χ3n) is 3.05. The number of benzene rings is 1. The fourth-order valence-corrected chi connectivity index (χ4v) is 2.74. The predicted octanol–water partition coefficient (Wildman–Crippen LogP) is 3.10. The molecular formula is C15H21N3S. The SMILES string of the molecule is Cc1nc(CN(C)CCCc2cccc(N)c2)cs1. The number of aromatic nitrogens is 1. The van der Waals surface area contributed by atoms with Crippen molar-refractivity contribution in [1.29, 1.82) is 0 Å². The quantitative estimate of drug-likeness (QED) is 0.824. The molecule has 0 saturated heterocycles. The van der Waals surface area contributed by atoms with Crippen molar-refractivity contribution in [2.24, 2.45) is 0 Å². The molecule has 0 aliphatic rings.